The molecule has 6 nitrogen and oxygen atoms in total. The summed E-state index contributed by atoms with van der Waals surface area (Å²) in [7, 11) is 1.61. The summed E-state index contributed by atoms with van der Waals surface area (Å²) in [6.45, 7) is 4.86. The van der Waals surface area contributed by atoms with Gasteiger partial charge in [-0.1, -0.05) is 0 Å². The van der Waals surface area contributed by atoms with Crippen LogP contribution in [0, 0.1) is 5.92 Å². The van der Waals surface area contributed by atoms with Crippen LogP contribution in [-0.4, -0.2) is 42.5 Å². The first-order chi connectivity index (χ1) is 12.0. The Hall–Kier alpha value is -2.34. The number of amides is 1. The fourth-order valence-electron chi connectivity index (χ4n) is 3.35. The molecule has 1 aromatic heterocycles. The SMILES string of the molecule is COc1ccc2cc(CN3CCC(CNC(C)=O)CC3)c(=O)[nH]c2c1. The molecule has 134 valence electrons. The number of methoxy groups -OCH3 is 1. The van der Waals surface area contributed by atoms with Crippen molar-refractivity contribution in [3.05, 3.63) is 40.2 Å². The third-order valence-corrected chi connectivity index (χ3v) is 4.87. The molecular formula is C19H25N3O3. The monoisotopic (exact) mass is 343 g/mol. The van der Waals surface area contributed by atoms with Gasteiger partial charge in [0, 0.05) is 31.6 Å². The van der Waals surface area contributed by atoms with Crippen LogP contribution in [-0.2, 0) is 11.3 Å². The number of fused-ring (bicyclic) bond motifs is 1. The topological polar surface area (TPSA) is 74.4 Å². The average molecular weight is 343 g/mol. The highest BCUT2D eigenvalue weighted by atomic mass is 16.5. The highest BCUT2D eigenvalue weighted by molar-refractivity contribution is 5.80. The molecule has 0 atom stereocenters. The zero-order valence-electron chi connectivity index (χ0n) is 14.8. The van der Waals surface area contributed by atoms with Crippen LogP contribution < -0.4 is 15.6 Å². The maximum absolute atomic E-state index is 12.4. The number of aromatic nitrogens is 1. The predicted octanol–water partition coefficient (Wildman–Crippen LogP) is 1.88. The van der Waals surface area contributed by atoms with Crippen LogP contribution in [0.2, 0.25) is 0 Å². The van der Waals surface area contributed by atoms with Crippen molar-refractivity contribution in [3.8, 4) is 5.75 Å². The maximum Gasteiger partial charge on any atom is 0.252 e. The molecule has 2 heterocycles. The van der Waals surface area contributed by atoms with Gasteiger partial charge >= 0.3 is 0 Å². The van der Waals surface area contributed by atoms with Gasteiger partial charge in [0.25, 0.3) is 5.56 Å². The van der Waals surface area contributed by atoms with E-state index in [1.807, 2.05) is 24.3 Å². The number of H-pyrrole nitrogens is 1. The van der Waals surface area contributed by atoms with E-state index in [0.29, 0.717) is 12.5 Å². The number of ether oxygens (including phenoxy) is 1. The van der Waals surface area contributed by atoms with Crippen molar-refractivity contribution < 1.29 is 9.53 Å². The summed E-state index contributed by atoms with van der Waals surface area (Å²) >= 11 is 0. The minimum atomic E-state index is -0.0406. The van der Waals surface area contributed by atoms with E-state index in [4.69, 9.17) is 4.74 Å². The summed E-state index contributed by atoms with van der Waals surface area (Å²) < 4.78 is 5.20. The van der Waals surface area contributed by atoms with E-state index in [1.165, 1.54) is 0 Å². The summed E-state index contributed by atoms with van der Waals surface area (Å²) in [5, 5.41) is 3.91. The number of hydrogen-bond donors (Lipinski definition) is 2. The lowest BCUT2D eigenvalue weighted by Gasteiger charge is -2.31. The zero-order chi connectivity index (χ0) is 17.8. The molecule has 0 spiro atoms. The third kappa shape index (κ3) is 4.39. The van der Waals surface area contributed by atoms with Gasteiger partial charge in [0.15, 0.2) is 0 Å². The van der Waals surface area contributed by atoms with Crippen LogP contribution in [0.25, 0.3) is 10.9 Å². The van der Waals surface area contributed by atoms with Gasteiger partial charge in [0.05, 0.1) is 12.6 Å². The van der Waals surface area contributed by atoms with Gasteiger partial charge < -0.3 is 15.0 Å². The van der Waals surface area contributed by atoms with Crippen LogP contribution in [0.15, 0.2) is 29.1 Å². The van der Waals surface area contributed by atoms with Gasteiger partial charge in [0.2, 0.25) is 5.91 Å². The number of nitrogens with zero attached hydrogens (tertiary/aromatic N) is 1. The summed E-state index contributed by atoms with van der Waals surface area (Å²) in [6, 6.07) is 7.68. The Bertz CT molecular complexity index is 807. The molecule has 0 radical (unpaired) electrons. The number of piperidine rings is 1. The molecule has 6 heteroatoms. The number of carbonyl (C=O) groups is 1. The van der Waals surface area contributed by atoms with Crippen molar-refractivity contribution in [2.75, 3.05) is 26.7 Å². The van der Waals surface area contributed by atoms with E-state index in [-0.39, 0.29) is 11.5 Å². The van der Waals surface area contributed by atoms with E-state index in [0.717, 1.165) is 54.7 Å². The number of rotatable bonds is 5. The van der Waals surface area contributed by atoms with Crippen molar-refractivity contribution in [2.45, 2.75) is 26.3 Å². The molecule has 0 saturated carbocycles. The Morgan fingerprint density at radius 2 is 2.08 bits per heavy atom. The third-order valence-electron chi connectivity index (χ3n) is 4.87. The second-order valence-electron chi connectivity index (χ2n) is 6.73. The Kier molecular flexibility index (Phi) is 5.38. The number of hydrogen-bond acceptors (Lipinski definition) is 4. The number of likely N-dealkylation sites (tertiary alicyclic amines) is 1. The number of nitrogens with one attached hydrogen (secondary N) is 2. The summed E-state index contributed by atoms with van der Waals surface area (Å²) in [5.41, 5.74) is 1.54. The van der Waals surface area contributed by atoms with Gasteiger partial charge in [-0.3, -0.25) is 14.5 Å². The fourth-order valence-corrected chi connectivity index (χ4v) is 3.35. The predicted molar refractivity (Wildman–Crippen MR) is 97.8 cm³/mol. The quantitative estimate of drug-likeness (QED) is 0.869. The lowest BCUT2D eigenvalue weighted by atomic mass is 9.96. The van der Waals surface area contributed by atoms with E-state index in [1.54, 1.807) is 14.0 Å². The van der Waals surface area contributed by atoms with Crippen molar-refractivity contribution in [3.63, 3.8) is 0 Å². The van der Waals surface area contributed by atoms with Crippen LogP contribution in [0.3, 0.4) is 0 Å². The van der Waals surface area contributed by atoms with E-state index in [9.17, 15) is 9.59 Å². The maximum atomic E-state index is 12.4. The molecule has 0 aliphatic carbocycles. The Morgan fingerprint density at radius 3 is 2.76 bits per heavy atom. The van der Waals surface area contributed by atoms with Crippen LogP contribution in [0.1, 0.15) is 25.3 Å². The van der Waals surface area contributed by atoms with Crippen LogP contribution in [0.5, 0.6) is 5.75 Å². The van der Waals surface area contributed by atoms with Gasteiger partial charge in [-0.05, 0) is 55.4 Å². The molecule has 1 saturated heterocycles. The van der Waals surface area contributed by atoms with Gasteiger partial charge in [-0.25, -0.2) is 0 Å². The first-order valence-corrected chi connectivity index (χ1v) is 8.72. The number of carbonyl (C=O) groups excluding carboxylic acids is 1. The Labute approximate surface area is 147 Å². The highest BCUT2D eigenvalue weighted by Crippen LogP contribution is 2.21. The first-order valence-electron chi connectivity index (χ1n) is 8.72. The molecule has 1 fully saturated rings. The van der Waals surface area contributed by atoms with Crippen LogP contribution in [0.4, 0.5) is 0 Å². The second kappa shape index (κ2) is 7.70. The summed E-state index contributed by atoms with van der Waals surface area (Å²) in [6.07, 6.45) is 2.09. The molecule has 1 aromatic carbocycles. The van der Waals surface area contributed by atoms with Crippen LogP contribution >= 0.6 is 0 Å². The number of aromatic amines is 1. The molecule has 25 heavy (non-hydrogen) atoms. The zero-order valence-corrected chi connectivity index (χ0v) is 14.8. The van der Waals surface area contributed by atoms with Gasteiger partial charge in [-0.15, -0.1) is 0 Å². The molecular weight excluding hydrogens is 318 g/mol. The Morgan fingerprint density at radius 1 is 1.32 bits per heavy atom. The molecule has 1 aliphatic rings. The van der Waals surface area contributed by atoms with Crippen molar-refractivity contribution in [2.24, 2.45) is 5.92 Å². The van der Waals surface area contributed by atoms with Crippen molar-refractivity contribution in [1.29, 1.82) is 0 Å². The molecule has 1 amide bonds. The lowest BCUT2D eigenvalue weighted by molar-refractivity contribution is -0.119. The summed E-state index contributed by atoms with van der Waals surface area (Å²) in [4.78, 5) is 28.7. The minimum Gasteiger partial charge on any atom is -0.497 e. The average Bonchev–Trinajstić information content (AvgIpc) is 2.61. The standard InChI is InChI=1S/C19H25N3O3/c1-13(23)20-11-14-5-7-22(8-6-14)12-16-9-15-3-4-17(25-2)10-18(15)21-19(16)24/h3-4,9-10,14H,5-8,11-12H2,1-2H3,(H,20,23)(H,21,24). The minimum absolute atomic E-state index is 0.0294. The van der Waals surface area contributed by atoms with Gasteiger partial charge in [0.1, 0.15) is 5.75 Å². The van der Waals surface area contributed by atoms with E-state index in [2.05, 4.69) is 15.2 Å². The van der Waals surface area contributed by atoms with E-state index >= 15 is 0 Å². The first kappa shape index (κ1) is 17.5. The molecule has 3 rings (SSSR count). The molecule has 0 bridgehead atoms. The number of pyridine rings is 1. The molecule has 0 unspecified atom stereocenters. The van der Waals surface area contributed by atoms with Gasteiger partial charge in [-0.2, -0.15) is 0 Å². The number of benzene rings is 1. The smallest absolute Gasteiger partial charge is 0.252 e. The largest absolute Gasteiger partial charge is 0.497 e. The van der Waals surface area contributed by atoms with Crippen molar-refractivity contribution in [1.82, 2.24) is 15.2 Å². The fraction of sp³-hybridized carbons (Fsp3) is 0.474. The second-order valence-corrected chi connectivity index (χ2v) is 6.73. The lowest BCUT2D eigenvalue weighted by Crippen LogP contribution is -2.38. The van der Waals surface area contributed by atoms with E-state index < -0.39 is 0 Å². The highest BCUT2D eigenvalue weighted by Gasteiger charge is 2.20. The summed E-state index contributed by atoms with van der Waals surface area (Å²) in [5.74, 6) is 1.29. The Balaban J connectivity index is 1.64. The molecule has 2 N–H and O–H groups in total. The normalized spacial score (nSPS) is 16.1. The molecule has 2 aromatic rings. The molecule has 1 aliphatic heterocycles. The van der Waals surface area contributed by atoms with Crippen molar-refractivity contribution >= 4 is 16.8 Å².